The Morgan fingerprint density at radius 1 is 1.27 bits per heavy atom. The van der Waals surface area contributed by atoms with Crippen LogP contribution in [0.25, 0.3) is 10.9 Å². The van der Waals surface area contributed by atoms with Crippen LogP contribution < -0.4 is 20.9 Å². The highest BCUT2D eigenvalue weighted by Gasteiger charge is 2.34. The van der Waals surface area contributed by atoms with Crippen molar-refractivity contribution in [3.63, 3.8) is 0 Å². The second kappa shape index (κ2) is 8.18. The fraction of sp³-hybridized carbons (Fsp3) is 0.238. The molecule has 1 aliphatic heterocycles. The lowest BCUT2D eigenvalue weighted by molar-refractivity contribution is 0.475. The second-order valence-electron chi connectivity index (χ2n) is 8.12. The van der Waals surface area contributed by atoms with Gasteiger partial charge in [-0.15, -0.1) is 0 Å². The lowest BCUT2D eigenvalue weighted by Gasteiger charge is -2.23. The Labute approximate surface area is 191 Å². The molecule has 0 radical (unpaired) electrons. The van der Waals surface area contributed by atoms with E-state index in [0.717, 1.165) is 25.3 Å². The maximum atomic E-state index is 14.0. The van der Waals surface area contributed by atoms with E-state index in [1.54, 1.807) is 6.07 Å². The van der Waals surface area contributed by atoms with Crippen LogP contribution in [0, 0.1) is 11.7 Å². The largest absolute Gasteiger partial charge is 0.506 e. The zero-order valence-electron chi connectivity index (χ0n) is 17.2. The number of fused-ring (bicyclic) bond motifs is 2. The van der Waals surface area contributed by atoms with Crippen LogP contribution in [0.5, 0.6) is 5.75 Å². The van der Waals surface area contributed by atoms with Gasteiger partial charge in [0, 0.05) is 17.6 Å². The molecule has 1 unspecified atom stereocenters. The van der Waals surface area contributed by atoms with Gasteiger partial charge >= 0.3 is 7.52 Å². The molecule has 12 heteroatoms. The number of anilines is 2. The summed E-state index contributed by atoms with van der Waals surface area (Å²) in [7, 11) is -4.33. The van der Waals surface area contributed by atoms with Crippen LogP contribution in [-0.4, -0.2) is 25.0 Å². The molecule has 1 aromatic heterocycles. The molecule has 2 heterocycles. The SMILES string of the molecule is O=c1c(C2=NP(=O)(O)c3cc(NSO)ccc3N2)c(O)c2cc(F)ccc2n1CCC1CC1. The van der Waals surface area contributed by atoms with E-state index in [9.17, 15) is 23.7 Å². The molecule has 0 bridgehead atoms. The van der Waals surface area contributed by atoms with Gasteiger partial charge in [0.15, 0.2) is 5.84 Å². The number of amidine groups is 1. The smallest absolute Gasteiger partial charge is 0.346 e. The van der Waals surface area contributed by atoms with Gasteiger partial charge in [-0.3, -0.25) is 9.36 Å². The topological polar surface area (TPSA) is 136 Å². The van der Waals surface area contributed by atoms with E-state index in [-0.39, 0.29) is 27.8 Å². The van der Waals surface area contributed by atoms with Gasteiger partial charge in [-0.25, -0.2) is 4.39 Å². The van der Waals surface area contributed by atoms with Crippen LogP contribution in [0.1, 0.15) is 24.8 Å². The van der Waals surface area contributed by atoms with Crippen molar-refractivity contribution in [1.29, 1.82) is 0 Å². The number of pyridine rings is 1. The summed E-state index contributed by atoms with van der Waals surface area (Å²) in [5.74, 6) is -0.838. The van der Waals surface area contributed by atoms with Crippen molar-refractivity contribution in [3.8, 4) is 5.75 Å². The highest BCUT2D eigenvalue weighted by Crippen LogP contribution is 2.47. The predicted octanol–water partition coefficient (Wildman–Crippen LogP) is 3.86. The van der Waals surface area contributed by atoms with Crippen molar-refractivity contribution in [3.05, 3.63) is 58.1 Å². The number of aromatic nitrogens is 1. The van der Waals surface area contributed by atoms with Crippen molar-refractivity contribution in [2.24, 2.45) is 10.7 Å². The van der Waals surface area contributed by atoms with Crippen molar-refractivity contribution in [2.45, 2.75) is 25.8 Å². The Bertz CT molecular complexity index is 1420. The molecular weight excluding hydrogens is 470 g/mol. The maximum absolute atomic E-state index is 14.0. The van der Waals surface area contributed by atoms with Gasteiger partial charge in [0.1, 0.15) is 29.4 Å². The summed E-state index contributed by atoms with van der Waals surface area (Å²) in [5.41, 5.74) is 0.0998. The number of rotatable bonds is 6. The molecule has 1 aliphatic carbocycles. The second-order valence-corrected chi connectivity index (χ2v) is 10.3. The van der Waals surface area contributed by atoms with Gasteiger partial charge in [0.2, 0.25) is 0 Å². The first-order valence-electron chi connectivity index (χ1n) is 10.2. The predicted molar refractivity (Wildman–Crippen MR) is 127 cm³/mol. The molecular formula is C21H20FN4O5PS. The zero-order chi connectivity index (χ0) is 23.3. The number of hydrogen-bond acceptors (Lipinski definition) is 7. The zero-order valence-corrected chi connectivity index (χ0v) is 18.9. The molecule has 1 fully saturated rings. The molecule has 5 N–H and O–H groups in total. The first-order chi connectivity index (χ1) is 15.8. The van der Waals surface area contributed by atoms with Crippen LogP contribution >= 0.6 is 19.7 Å². The summed E-state index contributed by atoms with van der Waals surface area (Å²) < 4.78 is 43.9. The maximum Gasteiger partial charge on any atom is 0.346 e. The molecule has 33 heavy (non-hydrogen) atoms. The molecule has 0 amide bonds. The van der Waals surface area contributed by atoms with Crippen LogP contribution in [0.3, 0.4) is 0 Å². The van der Waals surface area contributed by atoms with Crippen molar-refractivity contribution >= 4 is 53.2 Å². The highest BCUT2D eigenvalue weighted by molar-refractivity contribution is 7.95. The third-order valence-electron chi connectivity index (χ3n) is 5.86. The van der Waals surface area contributed by atoms with Gasteiger partial charge in [-0.2, -0.15) is 4.76 Å². The Kier molecular flexibility index (Phi) is 5.44. The first-order valence-corrected chi connectivity index (χ1v) is 12.6. The molecule has 1 atom stereocenters. The summed E-state index contributed by atoms with van der Waals surface area (Å²) in [4.78, 5) is 24.1. The Morgan fingerprint density at radius 2 is 2.06 bits per heavy atom. The first kappa shape index (κ1) is 22.0. The van der Waals surface area contributed by atoms with Crippen molar-refractivity contribution in [2.75, 3.05) is 10.0 Å². The fourth-order valence-electron chi connectivity index (χ4n) is 4.02. The average Bonchev–Trinajstić information content (AvgIpc) is 3.59. The Morgan fingerprint density at radius 3 is 2.79 bits per heavy atom. The van der Waals surface area contributed by atoms with Crippen LogP contribution in [-0.2, 0) is 11.1 Å². The van der Waals surface area contributed by atoms with Crippen LogP contribution in [0.2, 0.25) is 0 Å². The van der Waals surface area contributed by atoms with Gasteiger partial charge in [0.25, 0.3) is 5.56 Å². The van der Waals surface area contributed by atoms with E-state index in [0.29, 0.717) is 35.9 Å². The lowest BCUT2D eigenvalue weighted by atomic mass is 10.1. The average molecular weight is 490 g/mol. The summed E-state index contributed by atoms with van der Waals surface area (Å²) in [6.07, 6.45) is 2.95. The lowest BCUT2D eigenvalue weighted by Crippen LogP contribution is -2.33. The molecule has 2 aliphatic rings. The number of benzene rings is 2. The molecule has 0 spiro atoms. The minimum absolute atomic E-state index is 0.0225. The molecule has 0 saturated heterocycles. The minimum atomic E-state index is -4.33. The Hall–Kier alpha value is -2.85. The number of hydrogen-bond donors (Lipinski definition) is 5. The van der Waals surface area contributed by atoms with Gasteiger partial charge in [-0.05, 0) is 48.7 Å². The van der Waals surface area contributed by atoms with Gasteiger partial charge in [0.05, 0.1) is 16.5 Å². The minimum Gasteiger partial charge on any atom is -0.506 e. The quantitative estimate of drug-likeness (QED) is 0.200. The summed E-state index contributed by atoms with van der Waals surface area (Å²) in [5, 5.41) is 13.9. The molecule has 5 rings (SSSR count). The summed E-state index contributed by atoms with van der Waals surface area (Å²) >= 11 is 0.336. The van der Waals surface area contributed by atoms with Crippen LogP contribution in [0.15, 0.2) is 46.0 Å². The van der Waals surface area contributed by atoms with Crippen LogP contribution in [0.4, 0.5) is 15.8 Å². The normalized spacial score (nSPS) is 19.7. The molecule has 9 nitrogen and oxygen atoms in total. The molecule has 1 saturated carbocycles. The van der Waals surface area contributed by atoms with Crippen molar-refractivity contribution < 1.29 is 23.5 Å². The number of halogens is 1. The van der Waals surface area contributed by atoms with Gasteiger partial charge < -0.3 is 29.2 Å². The van der Waals surface area contributed by atoms with Gasteiger partial charge in [-0.1, -0.05) is 12.8 Å². The van der Waals surface area contributed by atoms with E-state index < -0.39 is 24.6 Å². The highest BCUT2D eigenvalue weighted by atomic mass is 32.2. The standard InChI is InChI=1S/C21H20FN4O5PS/c22-12-3-6-16-14(9-12)19(27)18(21(28)26(16)8-7-11-1-2-11)20-23-15-5-4-13(25-33-31)10-17(15)32(29,30)24-20/h3-6,9-11,25,27,31H,1-2,7-8H2,(H2,23,24,29,30). The van der Waals surface area contributed by atoms with Crippen molar-refractivity contribution in [1.82, 2.24) is 4.57 Å². The Balaban J connectivity index is 1.68. The number of aryl methyl sites for hydroxylation is 1. The van der Waals surface area contributed by atoms with E-state index >= 15 is 0 Å². The van der Waals surface area contributed by atoms with E-state index in [1.165, 1.54) is 28.8 Å². The van der Waals surface area contributed by atoms with E-state index in [4.69, 9.17) is 4.55 Å². The number of nitrogens with one attached hydrogen (secondary N) is 2. The molecule has 3 aromatic rings. The third-order valence-corrected chi connectivity index (χ3v) is 7.65. The fourth-order valence-corrected chi connectivity index (χ4v) is 5.53. The number of aromatic hydroxyl groups is 1. The summed E-state index contributed by atoms with van der Waals surface area (Å²) in [6.45, 7) is 0.368. The van der Waals surface area contributed by atoms with E-state index in [1.807, 2.05) is 0 Å². The monoisotopic (exact) mass is 490 g/mol. The number of nitrogens with zero attached hydrogens (tertiary/aromatic N) is 2. The molecule has 2 aromatic carbocycles. The van der Waals surface area contributed by atoms with E-state index in [2.05, 4.69) is 14.8 Å². The third kappa shape index (κ3) is 4.02. The molecule has 172 valence electrons. The summed E-state index contributed by atoms with van der Waals surface area (Å²) in [6, 6.07) is 8.20.